The highest BCUT2D eigenvalue weighted by Gasteiger charge is 2.41. The number of hydrogen-bond donors (Lipinski definition) is 0. The number of piperidine rings is 1. The third kappa shape index (κ3) is 3.95. The van der Waals surface area contributed by atoms with Crippen LogP contribution in [0.15, 0.2) is 24.4 Å². The molecule has 0 saturated carbocycles. The quantitative estimate of drug-likeness (QED) is 0.499. The fourth-order valence-electron chi connectivity index (χ4n) is 4.95. The molecule has 0 bridgehead atoms. The van der Waals surface area contributed by atoms with E-state index in [9.17, 15) is 22.4 Å². The van der Waals surface area contributed by atoms with E-state index in [1.54, 1.807) is 11.0 Å². The van der Waals surface area contributed by atoms with E-state index < -0.39 is 12.0 Å². The number of carbonyl (C=O) groups is 1. The van der Waals surface area contributed by atoms with Crippen LogP contribution in [0, 0.1) is 17.7 Å². The lowest BCUT2D eigenvalue weighted by molar-refractivity contribution is -0.148. The Morgan fingerprint density at radius 2 is 1.97 bits per heavy atom. The number of nitrogens with zero attached hydrogens (tertiary/aromatic N) is 6. The maximum Gasteiger partial charge on any atom is 0.451 e. The molecule has 1 amide bonds. The fourth-order valence-corrected chi connectivity index (χ4v) is 5.22. The minimum Gasteiger partial charge on any atom is -0.369 e. The fraction of sp³-hybridized carbons (Fsp3) is 0.455. The molecule has 2 atom stereocenters. The van der Waals surface area contributed by atoms with Crippen LogP contribution in [0.1, 0.15) is 25.0 Å². The van der Waals surface area contributed by atoms with E-state index in [1.165, 1.54) is 18.3 Å². The van der Waals surface area contributed by atoms with E-state index in [4.69, 9.17) is 11.6 Å². The normalized spacial score (nSPS) is 21.1. The summed E-state index contributed by atoms with van der Waals surface area (Å²) < 4.78 is 54.0. The predicted molar refractivity (Wildman–Crippen MR) is 117 cm³/mol. The van der Waals surface area contributed by atoms with Crippen LogP contribution in [0.25, 0.3) is 10.9 Å². The Kier molecular flexibility index (Phi) is 5.62. The SMILES string of the molecule is C[C@@H]1CN(c2c(Cl)cnc3cc(F)ccc23)CC[C@@H]1C(=O)N1CCn2c(nnc2C(F)(F)F)C1. The number of amides is 1. The number of rotatable bonds is 2. The van der Waals surface area contributed by atoms with Crippen LogP contribution in [0.5, 0.6) is 0 Å². The molecule has 7 nitrogen and oxygen atoms in total. The van der Waals surface area contributed by atoms with Crippen LogP contribution in [0.2, 0.25) is 5.02 Å². The molecule has 1 fully saturated rings. The number of carbonyl (C=O) groups excluding carboxylic acids is 1. The van der Waals surface area contributed by atoms with E-state index in [1.807, 2.05) is 6.92 Å². The number of fused-ring (bicyclic) bond motifs is 2. The highest BCUT2D eigenvalue weighted by molar-refractivity contribution is 6.34. The summed E-state index contributed by atoms with van der Waals surface area (Å²) >= 11 is 6.46. The first-order valence-corrected chi connectivity index (χ1v) is 11.3. The topological polar surface area (TPSA) is 67.2 Å². The third-order valence-electron chi connectivity index (χ3n) is 6.62. The van der Waals surface area contributed by atoms with Crippen molar-refractivity contribution in [3.8, 4) is 0 Å². The predicted octanol–water partition coefficient (Wildman–Crippen LogP) is 4.14. The van der Waals surface area contributed by atoms with Crippen molar-refractivity contribution in [2.75, 3.05) is 24.5 Å². The first-order valence-electron chi connectivity index (χ1n) is 10.9. The minimum absolute atomic E-state index is 0.00122. The van der Waals surface area contributed by atoms with Gasteiger partial charge in [0.05, 0.1) is 22.8 Å². The number of pyridine rings is 1. The van der Waals surface area contributed by atoms with Gasteiger partial charge in [0.25, 0.3) is 0 Å². The van der Waals surface area contributed by atoms with Crippen molar-refractivity contribution in [3.05, 3.63) is 46.9 Å². The molecule has 2 aliphatic rings. The van der Waals surface area contributed by atoms with Crippen molar-refractivity contribution in [1.82, 2.24) is 24.6 Å². The highest BCUT2D eigenvalue weighted by Crippen LogP contribution is 2.38. The van der Waals surface area contributed by atoms with Gasteiger partial charge in [-0.1, -0.05) is 18.5 Å². The van der Waals surface area contributed by atoms with Crippen molar-refractivity contribution in [3.63, 3.8) is 0 Å². The summed E-state index contributed by atoms with van der Waals surface area (Å²) in [5, 5.41) is 8.12. The summed E-state index contributed by atoms with van der Waals surface area (Å²) in [5.74, 6) is -1.69. The number of anilines is 1. The van der Waals surface area contributed by atoms with Gasteiger partial charge in [0.1, 0.15) is 5.82 Å². The van der Waals surface area contributed by atoms with Gasteiger partial charge in [-0.25, -0.2) is 4.39 Å². The Bertz CT molecular complexity index is 1260. The number of benzene rings is 1. The maximum atomic E-state index is 13.6. The molecule has 2 aromatic heterocycles. The largest absolute Gasteiger partial charge is 0.451 e. The second-order valence-corrected chi connectivity index (χ2v) is 9.19. The average Bonchev–Trinajstić information content (AvgIpc) is 3.22. The van der Waals surface area contributed by atoms with Crippen LogP contribution in [-0.4, -0.2) is 50.2 Å². The zero-order valence-corrected chi connectivity index (χ0v) is 18.9. The van der Waals surface area contributed by atoms with Crippen molar-refractivity contribution in [2.24, 2.45) is 11.8 Å². The van der Waals surface area contributed by atoms with E-state index in [-0.39, 0.29) is 49.0 Å². The zero-order valence-electron chi connectivity index (χ0n) is 18.2. The van der Waals surface area contributed by atoms with E-state index in [0.717, 1.165) is 15.6 Å². The summed E-state index contributed by atoms with van der Waals surface area (Å²) in [6, 6.07) is 4.37. The minimum atomic E-state index is -4.58. The first kappa shape index (κ1) is 22.8. The molecular weight excluding hydrogens is 476 g/mol. The molecule has 12 heteroatoms. The molecule has 0 N–H and O–H groups in total. The molecule has 0 aliphatic carbocycles. The van der Waals surface area contributed by atoms with Gasteiger partial charge >= 0.3 is 6.18 Å². The van der Waals surface area contributed by atoms with Crippen molar-refractivity contribution in [2.45, 2.75) is 32.6 Å². The molecule has 180 valence electrons. The molecule has 2 aliphatic heterocycles. The van der Waals surface area contributed by atoms with Crippen molar-refractivity contribution < 1.29 is 22.4 Å². The van der Waals surface area contributed by atoms with Gasteiger partial charge < -0.3 is 14.4 Å². The van der Waals surface area contributed by atoms with E-state index in [2.05, 4.69) is 20.1 Å². The second kappa shape index (κ2) is 8.37. The lowest BCUT2D eigenvalue weighted by Gasteiger charge is -2.40. The summed E-state index contributed by atoms with van der Waals surface area (Å²) in [6.45, 7) is 3.26. The van der Waals surface area contributed by atoms with Crippen molar-refractivity contribution in [1.29, 1.82) is 0 Å². The number of alkyl halides is 3. The first-order chi connectivity index (χ1) is 16.1. The lowest BCUT2D eigenvalue weighted by atomic mass is 9.85. The van der Waals surface area contributed by atoms with Crippen molar-refractivity contribution >= 4 is 34.1 Å². The molecule has 0 radical (unpaired) electrons. The standard InChI is InChI=1S/C22H21ClF4N6O/c1-12-10-31(19-15-3-2-13(24)8-17(15)28-9-16(19)23)5-4-14(12)20(34)32-6-7-33-18(11-32)29-30-21(33)22(25,26)27/h2-3,8-9,12,14H,4-7,10-11H2,1H3/t12-,14+/m1/s1. The molecule has 0 spiro atoms. The molecular formula is C22H21ClF4N6O. The third-order valence-corrected chi connectivity index (χ3v) is 6.89. The van der Waals surface area contributed by atoms with Gasteiger partial charge in [-0.05, 0) is 24.5 Å². The number of hydrogen-bond acceptors (Lipinski definition) is 5. The maximum absolute atomic E-state index is 13.6. The molecule has 1 saturated heterocycles. The van der Waals surface area contributed by atoms with Crippen LogP contribution in [-0.2, 0) is 24.1 Å². The van der Waals surface area contributed by atoms with E-state index >= 15 is 0 Å². The number of halogens is 5. The van der Waals surface area contributed by atoms with Gasteiger partial charge in [0, 0.05) is 49.7 Å². The molecule has 1 aromatic carbocycles. The van der Waals surface area contributed by atoms with Gasteiger partial charge in [0.2, 0.25) is 11.7 Å². The molecule has 4 heterocycles. The monoisotopic (exact) mass is 496 g/mol. The average molecular weight is 497 g/mol. The Morgan fingerprint density at radius 1 is 1.18 bits per heavy atom. The van der Waals surface area contributed by atoms with Gasteiger partial charge in [-0.2, -0.15) is 13.2 Å². The van der Waals surface area contributed by atoms with Crippen LogP contribution in [0.3, 0.4) is 0 Å². The van der Waals surface area contributed by atoms with Crippen LogP contribution >= 0.6 is 11.6 Å². The highest BCUT2D eigenvalue weighted by atomic mass is 35.5. The molecule has 3 aromatic rings. The van der Waals surface area contributed by atoms with Gasteiger partial charge in [-0.3, -0.25) is 9.78 Å². The zero-order chi connectivity index (χ0) is 24.2. The summed E-state index contributed by atoms with van der Waals surface area (Å²) in [7, 11) is 0. The Balaban J connectivity index is 1.32. The molecule has 0 unspecified atom stereocenters. The van der Waals surface area contributed by atoms with Crippen LogP contribution in [0.4, 0.5) is 23.2 Å². The Labute approximate surface area is 197 Å². The Hall–Kier alpha value is -2.95. The second-order valence-electron chi connectivity index (χ2n) is 8.78. The van der Waals surface area contributed by atoms with Crippen LogP contribution < -0.4 is 4.90 Å². The molecule has 34 heavy (non-hydrogen) atoms. The molecule has 5 rings (SSSR count). The summed E-state index contributed by atoms with van der Waals surface area (Å²) in [5.41, 5.74) is 1.26. The summed E-state index contributed by atoms with van der Waals surface area (Å²) in [4.78, 5) is 21.2. The summed E-state index contributed by atoms with van der Waals surface area (Å²) in [6.07, 6.45) is -2.53. The lowest BCUT2D eigenvalue weighted by Crippen LogP contribution is -2.49. The van der Waals surface area contributed by atoms with Gasteiger partial charge in [-0.15, -0.1) is 10.2 Å². The smallest absolute Gasteiger partial charge is 0.369 e. The Morgan fingerprint density at radius 3 is 2.71 bits per heavy atom. The van der Waals surface area contributed by atoms with Gasteiger partial charge in [0.15, 0.2) is 5.82 Å². The number of aromatic nitrogens is 4. The van der Waals surface area contributed by atoms with E-state index in [0.29, 0.717) is 30.0 Å².